The predicted octanol–water partition coefficient (Wildman–Crippen LogP) is 2.60. The molecular formula is C12H26O4Si. The highest BCUT2D eigenvalue weighted by Gasteiger charge is 2.43. The molecule has 1 rings (SSSR count). The molecule has 1 saturated heterocycles. The Morgan fingerprint density at radius 3 is 1.88 bits per heavy atom. The molecule has 0 aromatic heterocycles. The zero-order valence-electron chi connectivity index (χ0n) is 11.6. The van der Waals surface area contributed by atoms with Crippen LogP contribution < -0.4 is 0 Å². The molecule has 0 radical (unpaired) electrons. The fourth-order valence-corrected chi connectivity index (χ4v) is 4.56. The Morgan fingerprint density at radius 1 is 1.06 bits per heavy atom. The molecule has 0 aromatic rings. The van der Waals surface area contributed by atoms with Crippen LogP contribution in [-0.2, 0) is 18.0 Å². The molecule has 0 bridgehead atoms. The molecule has 1 atom stereocenters. The van der Waals surface area contributed by atoms with Gasteiger partial charge in [0.15, 0.2) is 0 Å². The van der Waals surface area contributed by atoms with Crippen LogP contribution in [-0.4, -0.2) is 40.8 Å². The molecule has 5 heteroatoms. The number of epoxide rings is 1. The summed E-state index contributed by atoms with van der Waals surface area (Å²) < 4.78 is 22.8. The second-order valence-electron chi connectivity index (χ2n) is 4.57. The van der Waals surface area contributed by atoms with Gasteiger partial charge in [-0.25, -0.2) is 0 Å². The molecule has 4 nitrogen and oxygen atoms in total. The first-order valence-corrected chi connectivity index (χ1v) is 8.59. The van der Waals surface area contributed by atoms with E-state index in [1.807, 2.05) is 20.8 Å². The van der Waals surface area contributed by atoms with E-state index in [-0.39, 0.29) is 5.60 Å². The Morgan fingerprint density at radius 2 is 1.53 bits per heavy atom. The smallest absolute Gasteiger partial charge is 0.374 e. The maximum atomic E-state index is 5.80. The summed E-state index contributed by atoms with van der Waals surface area (Å²) in [6.45, 7) is 11.0. The highest BCUT2D eigenvalue weighted by atomic mass is 28.4. The molecule has 1 fully saturated rings. The Labute approximate surface area is 106 Å². The molecule has 0 aromatic carbocycles. The summed E-state index contributed by atoms with van der Waals surface area (Å²) in [5, 5.41) is 0. The van der Waals surface area contributed by atoms with Crippen LogP contribution >= 0.6 is 0 Å². The van der Waals surface area contributed by atoms with Gasteiger partial charge in [-0.15, -0.1) is 0 Å². The Bertz CT molecular complexity index is 202. The van der Waals surface area contributed by atoms with Crippen molar-refractivity contribution in [2.45, 2.75) is 52.2 Å². The average molecular weight is 262 g/mol. The molecule has 0 amide bonds. The number of rotatable bonds is 10. The fraction of sp³-hybridized carbons (Fsp3) is 1.00. The SMILES string of the molecule is CCO[Si](CCCC1(C)CO1)(OCC)OCC. The van der Waals surface area contributed by atoms with E-state index < -0.39 is 8.80 Å². The summed E-state index contributed by atoms with van der Waals surface area (Å²) in [5.74, 6) is 0. The summed E-state index contributed by atoms with van der Waals surface area (Å²) in [6, 6.07) is 0.890. The summed E-state index contributed by atoms with van der Waals surface area (Å²) >= 11 is 0. The largest absolute Gasteiger partial charge is 0.500 e. The summed E-state index contributed by atoms with van der Waals surface area (Å²) in [6.07, 6.45) is 2.11. The molecule has 0 spiro atoms. The lowest BCUT2D eigenvalue weighted by Gasteiger charge is -2.28. The quantitative estimate of drug-likeness (QED) is 0.448. The Hall–Kier alpha value is 0.0569. The fourth-order valence-electron chi connectivity index (χ4n) is 1.95. The van der Waals surface area contributed by atoms with E-state index in [0.717, 1.165) is 25.5 Å². The third kappa shape index (κ3) is 5.05. The van der Waals surface area contributed by atoms with E-state index in [4.69, 9.17) is 18.0 Å². The van der Waals surface area contributed by atoms with Gasteiger partial charge in [-0.05, 0) is 40.5 Å². The topological polar surface area (TPSA) is 40.2 Å². The van der Waals surface area contributed by atoms with Crippen LogP contribution in [0.1, 0.15) is 40.5 Å². The van der Waals surface area contributed by atoms with Crippen molar-refractivity contribution in [3.63, 3.8) is 0 Å². The van der Waals surface area contributed by atoms with Gasteiger partial charge < -0.3 is 18.0 Å². The molecule has 1 heterocycles. The van der Waals surface area contributed by atoms with Crippen molar-refractivity contribution < 1.29 is 18.0 Å². The number of hydrogen-bond acceptors (Lipinski definition) is 4. The van der Waals surface area contributed by atoms with E-state index in [1.54, 1.807) is 0 Å². The van der Waals surface area contributed by atoms with Gasteiger partial charge in [0.1, 0.15) is 0 Å². The minimum atomic E-state index is -2.42. The molecule has 102 valence electrons. The molecule has 0 aliphatic carbocycles. The highest BCUT2D eigenvalue weighted by molar-refractivity contribution is 6.60. The van der Waals surface area contributed by atoms with Crippen LogP contribution in [0.2, 0.25) is 6.04 Å². The van der Waals surface area contributed by atoms with Gasteiger partial charge in [-0.1, -0.05) is 0 Å². The molecule has 1 aliphatic rings. The van der Waals surface area contributed by atoms with Gasteiger partial charge in [0.05, 0.1) is 12.2 Å². The van der Waals surface area contributed by atoms with Crippen LogP contribution in [0.3, 0.4) is 0 Å². The normalized spacial score (nSPS) is 24.0. The lowest BCUT2D eigenvalue weighted by atomic mass is 10.1. The van der Waals surface area contributed by atoms with Crippen LogP contribution in [0, 0.1) is 0 Å². The van der Waals surface area contributed by atoms with Crippen molar-refractivity contribution in [3.05, 3.63) is 0 Å². The molecule has 0 saturated carbocycles. The van der Waals surface area contributed by atoms with E-state index in [0.29, 0.717) is 19.8 Å². The predicted molar refractivity (Wildman–Crippen MR) is 69.0 cm³/mol. The maximum absolute atomic E-state index is 5.80. The molecule has 17 heavy (non-hydrogen) atoms. The van der Waals surface area contributed by atoms with Crippen LogP contribution in [0.5, 0.6) is 0 Å². The van der Waals surface area contributed by atoms with Crippen molar-refractivity contribution in [1.29, 1.82) is 0 Å². The zero-order chi connectivity index (χ0) is 12.8. The second-order valence-corrected chi connectivity index (χ2v) is 7.31. The van der Waals surface area contributed by atoms with Gasteiger partial charge in [-0.3, -0.25) is 0 Å². The third-order valence-corrected chi connectivity index (χ3v) is 6.07. The summed E-state index contributed by atoms with van der Waals surface area (Å²) in [7, 11) is -2.42. The van der Waals surface area contributed by atoms with Crippen molar-refractivity contribution in [3.8, 4) is 0 Å². The first-order chi connectivity index (χ1) is 8.10. The summed E-state index contributed by atoms with van der Waals surface area (Å²) in [4.78, 5) is 0. The van der Waals surface area contributed by atoms with Crippen molar-refractivity contribution >= 4 is 8.80 Å². The van der Waals surface area contributed by atoms with E-state index in [1.165, 1.54) is 0 Å². The molecule has 0 N–H and O–H groups in total. The van der Waals surface area contributed by atoms with E-state index in [9.17, 15) is 0 Å². The number of hydrogen-bond donors (Lipinski definition) is 0. The Balaban J connectivity index is 2.41. The van der Waals surface area contributed by atoms with Gasteiger partial charge >= 0.3 is 8.80 Å². The van der Waals surface area contributed by atoms with Crippen molar-refractivity contribution in [1.82, 2.24) is 0 Å². The van der Waals surface area contributed by atoms with Crippen LogP contribution in [0.4, 0.5) is 0 Å². The first-order valence-electron chi connectivity index (χ1n) is 6.65. The van der Waals surface area contributed by atoms with Crippen LogP contribution in [0.15, 0.2) is 0 Å². The van der Waals surface area contributed by atoms with Gasteiger partial charge in [0.25, 0.3) is 0 Å². The highest BCUT2D eigenvalue weighted by Crippen LogP contribution is 2.33. The number of ether oxygens (including phenoxy) is 1. The minimum Gasteiger partial charge on any atom is -0.374 e. The van der Waals surface area contributed by atoms with Crippen LogP contribution in [0.25, 0.3) is 0 Å². The van der Waals surface area contributed by atoms with Gasteiger partial charge in [-0.2, -0.15) is 0 Å². The Kier molecular flexibility index (Phi) is 6.09. The molecule has 1 aliphatic heterocycles. The minimum absolute atomic E-state index is 0.116. The van der Waals surface area contributed by atoms with E-state index >= 15 is 0 Å². The van der Waals surface area contributed by atoms with E-state index in [2.05, 4.69) is 6.92 Å². The van der Waals surface area contributed by atoms with Crippen molar-refractivity contribution in [2.75, 3.05) is 26.4 Å². The standard InChI is InChI=1S/C12H26O4Si/c1-5-14-17(15-6-2,16-7-3)10-8-9-12(4)11-13-12/h5-11H2,1-4H3. The van der Waals surface area contributed by atoms with Crippen molar-refractivity contribution in [2.24, 2.45) is 0 Å². The maximum Gasteiger partial charge on any atom is 0.500 e. The monoisotopic (exact) mass is 262 g/mol. The van der Waals surface area contributed by atoms with Gasteiger partial charge in [0.2, 0.25) is 0 Å². The summed E-state index contributed by atoms with van der Waals surface area (Å²) in [5.41, 5.74) is 0.116. The lowest BCUT2D eigenvalue weighted by Crippen LogP contribution is -2.46. The lowest BCUT2D eigenvalue weighted by molar-refractivity contribution is 0.0702. The first kappa shape index (κ1) is 15.1. The zero-order valence-corrected chi connectivity index (χ0v) is 12.6. The van der Waals surface area contributed by atoms with Gasteiger partial charge in [0, 0.05) is 25.9 Å². The second kappa shape index (κ2) is 6.85. The third-order valence-electron chi connectivity index (χ3n) is 2.92. The molecule has 1 unspecified atom stereocenters. The average Bonchev–Trinajstić information content (AvgIpc) is 2.98. The molecular weight excluding hydrogens is 236 g/mol.